The summed E-state index contributed by atoms with van der Waals surface area (Å²) < 4.78 is 4.66. The number of rotatable bonds is 3. The lowest BCUT2D eigenvalue weighted by atomic mass is 9.96. The summed E-state index contributed by atoms with van der Waals surface area (Å²) in [5.74, 6) is -0.345. The number of halogens is 1. The molecule has 1 fully saturated rings. The maximum atomic E-state index is 11.6. The Morgan fingerprint density at radius 1 is 1.45 bits per heavy atom. The van der Waals surface area contributed by atoms with Crippen molar-refractivity contribution in [2.75, 3.05) is 32.1 Å². The number of nitrogens with zero attached hydrogens (tertiary/aromatic N) is 2. The molecule has 1 amide bonds. The second-order valence-electron chi connectivity index (χ2n) is 4.48. The van der Waals surface area contributed by atoms with Gasteiger partial charge in [-0.25, -0.2) is 9.78 Å². The van der Waals surface area contributed by atoms with Gasteiger partial charge in [-0.05, 0) is 12.8 Å². The number of anilines is 1. The summed E-state index contributed by atoms with van der Waals surface area (Å²) in [6.07, 6.45) is 1.54. The summed E-state index contributed by atoms with van der Waals surface area (Å²) >= 11 is 7.17. The van der Waals surface area contributed by atoms with E-state index in [0.29, 0.717) is 10.0 Å². The molecule has 0 aliphatic carbocycles. The van der Waals surface area contributed by atoms with Gasteiger partial charge in [0.2, 0.25) is 5.91 Å². The minimum Gasteiger partial charge on any atom is -0.465 e. The van der Waals surface area contributed by atoms with Crippen LogP contribution in [-0.2, 0) is 9.53 Å². The summed E-state index contributed by atoms with van der Waals surface area (Å²) in [7, 11) is 2.96. The predicted octanol–water partition coefficient (Wildman–Crippen LogP) is 1.55. The number of esters is 1. The van der Waals surface area contributed by atoms with Crippen LogP contribution in [0.5, 0.6) is 0 Å². The quantitative estimate of drug-likeness (QED) is 0.856. The number of thiazole rings is 1. The Labute approximate surface area is 126 Å². The molecule has 2 rings (SSSR count). The topological polar surface area (TPSA) is 71.5 Å². The molecule has 8 heteroatoms. The van der Waals surface area contributed by atoms with Crippen LogP contribution in [0.3, 0.4) is 0 Å². The van der Waals surface area contributed by atoms with E-state index in [1.54, 1.807) is 7.05 Å². The molecule has 0 bridgehead atoms. The number of piperidine rings is 1. The Balaban J connectivity index is 2.04. The van der Waals surface area contributed by atoms with E-state index in [2.05, 4.69) is 15.0 Å². The standard InChI is InChI=1S/C12H16ClN3O3S/c1-14-10(17)7-3-5-16(6-4-7)12-15-9(13)8(20-12)11(18)19-2/h7H,3-6H2,1-2H3,(H,14,17). The Bertz CT molecular complexity index is 512. The Morgan fingerprint density at radius 3 is 2.65 bits per heavy atom. The van der Waals surface area contributed by atoms with Crippen LogP contribution >= 0.6 is 22.9 Å². The van der Waals surface area contributed by atoms with Gasteiger partial charge in [0.05, 0.1) is 7.11 Å². The number of nitrogens with one attached hydrogen (secondary N) is 1. The number of carbonyl (C=O) groups is 2. The van der Waals surface area contributed by atoms with Crippen molar-refractivity contribution in [2.24, 2.45) is 5.92 Å². The second-order valence-corrected chi connectivity index (χ2v) is 5.82. The average Bonchev–Trinajstić information content (AvgIpc) is 2.87. The molecule has 2 heterocycles. The van der Waals surface area contributed by atoms with Gasteiger partial charge in [0.1, 0.15) is 0 Å². The first-order valence-electron chi connectivity index (χ1n) is 6.28. The molecule has 110 valence electrons. The fraction of sp³-hybridized carbons (Fsp3) is 0.583. The second kappa shape index (κ2) is 6.41. The first-order valence-corrected chi connectivity index (χ1v) is 7.47. The summed E-state index contributed by atoms with van der Waals surface area (Å²) in [6, 6.07) is 0. The highest BCUT2D eigenvalue weighted by molar-refractivity contribution is 7.18. The molecule has 0 aromatic carbocycles. The summed E-state index contributed by atoms with van der Waals surface area (Å²) in [6.45, 7) is 1.45. The van der Waals surface area contributed by atoms with Crippen LogP contribution in [0.1, 0.15) is 22.5 Å². The van der Waals surface area contributed by atoms with Crippen molar-refractivity contribution in [1.82, 2.24) is 10.3 Å². The molecule has 1 aromatic heterocycles. The Morgan fingerprint density at radius 2 is 2.10 bits per heavy atom. The number of aromatic nitrogens is 1. The molecule has 0 radical (unpaired) electrons. The van der Waals surface area contributed by atoms with Gasteiger partial charge < -0.3 is 15.0 Å². The minimum atomic E-state index is -0.473. The number of hydrogen-bond acceptors (Lipinski definition) is 6. The van der Waals surface area contributed by atoms with Gasteiger partial charge in [0.25, 0.3) is 0 Å². The normalized spacial score (nSPS) is 16.1. The zero-order chi connectivity index (χ0) is 14.7. The van der Waals surface area contributed by atoms with Gasteiger partial charge in [-0.2, -0.15) is 0 Å². The van der Waals surface area contributed by atoms with E-state index in [0.717, 1.165) is 25.9 Å². The highest BCUT2D eigenvalue weighted by Crippen LogP contribution is 2.32. The van der Waals surface area contributed by atoms with E-state index in [-0.39, 0.29) is 17.0 Å². The fourth-order valence-corrected chi connectivity index (χ4v) is 3.43. The molecule has 0 spiro atoms. The number of hydrogen-bond donors (Lipinski definition) is 1. The maximum Gasteiger partial charge on any atom is 0.351 e. The van der Waals surface area contributed by atoms with Gasteiger partial charge >= 0.3 is 5.97 Å². The Hall–Kier alpha value is -1.34. The predicted molar refractivity (Wildman–Crippen MR) is 77.5 cm³/mol. The first kappa shape index (κ1) is 15.1. The van der Waals surface area contributed by atoms with E-state index in [1.807, 2.05) is 4.90 Å². The summed E-state index contributed by atoms with van der Waals surface area (Å²) in [5, 5.41) is 3.54. The van der Waals surface area contributed by atoms with Crippen molar-refractivity contribution < 1.29 is 14.3 Å². The Kier molecular flexibility index (Phi) is 4.82. The molecule has 6 nitrogen and oxygen atoms in total. The largest absolute Gasteiger partial charge is 0.465 e. The van der Waals surface area contributed by atoms with Crippen molar-refractivity contribution in [1.29, 1.82) is 0 Å². The molecule has 1 N–H and O–H groups in total. The fourth-order valence-electron chi connectivity index (χ4n) is 2.18. The van der Waals surface area contributed by atoms with Crippen molar-refractivity contribution in [3.8, 4) is 0 Å². The lowest BCUT2D eigenvalue weighted by molar-refractivity contribution is -0.125. The third-order valence-corrected chi connectivity index (χ3v) is 4.81. The van der Waals surface area contributed by atoms with Crippen LogP contribution < -0.4 is 10.2 Å². The van der Waals surface area contributed by atoms with Crippen LogP contribution in [0, 0.1) is 5.92 Å². The van der Waals surface area contributed by atoms with E-state index in [1.165, 1.54) is 18.4 Å². The molecule has 1 aromatic rings. The molecule has 0 unspecified atom stereocenters. The summed E-state index contributed by atoms with van der Waals surface area (Å²) in [5.41, 5.74) is 0. The zero-order valence-corrected chi connectivity index (χ0v) is 12.9. The summed E-state index contributed by atoms with van der Waals surface area (Å²) in [4.78, 5) is 29.6. The van der Waals surface area contributed by atoms with Crippen molar-refractivity contribution in [2.45, 2.75) is 12.8 Å². The van der Waals surface area contributed by atoms with Gasteiger partial charge in [0.15, 0.2) is 15.2 Å². The molecule has 1 saturated heterocycles. The SMILES string of the molecule is CNC(=O)C1CCN(c2nc(Cl)c(C(=O)OC)s2)CC1. The van der Waals surface area contributed by atoms with Crippen LogP contribution in [0.15, 0.2) is 0 Å². The molecule has 0 saturated carbocycles. The first-order chi connectivity index (χ1) is 9.56. The maximum absolute atomic E-state index is 11.6. The van der Waals surface area contributed by atoms with Gasteiger partial charge in [0, 0.05) is 26.1 Å². The lowest BCUT2D eigenvalue weighted by Crippen LogP contribution is -2.39. The molecular weight excluding hydrogens is 302 g/mol. The van der Waals surface area contributed by atoms with Crippen LogP contribution in [-0.4, -0.2) is 44.1 Å². The molecule has 0 atom stereocenters. The number of methoxy groups -OCH3 is 1. The van der Waals surface area contributed by atoms with E-state index in [9.17, 15) is 9.59 Å². The third kappa shape index (κ3) is 3.04. The zero-order valence-electron chi connectivity index (χ0n) is 11.3. The minimum absolute atomic E-state index is 0.0479. The molecular formula is C12H16ClN3O3S. The van der Waals surface area contributed by atoms with Crippen LogP contribution in [0.25, 0.3) is 0 Å². The molecule has 1 aliphatic rings. The van der Waals surface area contributed by atoms with E-state index in [4.69, 9.17) is 11.6 Å². The average molecular weight is 318 g/mol. The molecule has 1 aliphatic heterocycles. The number of ether oxygens (including phenoxy) is 1. The van der Waals surface area contributed by atoms with Crippen LogP contribution in [0.2, 0.25) is 5.15 Å². The number of amides is 1. The highest BCUT2D eigenvalue weighted by atomic mass is 35.5. The van der Waals surface area contributed by atoms with Crippen molar-refractivity contribution in [3.63, 3.8) is 0 Å². The van der Waals surface area contributed by atoms with E-state index >= 15 is 0 Å². The van der Waals surface area contributed by atoms with Gasteiger partial charge in [-0.1, -0.05) is 22.9 Å². The van der Waals surface area contributed by atoms with Crippen molar-refractivity contribution >= 4 is 39.9 Å². The van der Waals surface area contributed by atoms with Crippen molar-refractivity contribution in [3.05, 3.63) is 10.0 Å². The van der Waals surface area contributed by atoms with Gasteiger partial charge in [-0.15, -0.1) is 0 Å². The van der Waals surface area contributed by atoms with Crippen LogP contribution in [0.4, 0.5) is 5.13 Å². The highest BCUT2D eigenvalue weighted by Gasteiger charge is 2.27. The third-order valence-electron chi connectivity index (χ3n) is 3.33. The number of carbonyl (C=O) groups excluding carboxylic acids is 2. The molecule has 20 heavy (non-hydrogen) atoms. The van der Waals surface area contributed by atoms with Gasteiger partial charge in [-0.3, -0.25) is 4.79 Å². The lowest BCUT2D eigenvalue weighted by Gasteiger charge is -2.30. The smallest absolute Gasteiger partial charge is 0.351 e. The monoisotopic (exact) mass is 317 g/mol. The van der Waals surface area contributed by atoms with E-state index < -0.39 is 5.97 Å².